The zero-order valence-corrected chi connectivity index (χ0v) is 16.3. The molecule has 1 fully saturated rings. The molecular weight excluding hydrogens is 385 g/mol. The molecule has 1 aliphatic heterocycles. The van der Waals surface area contributed by atoms with E-state index in [-0.39, 0.29) is 10.9 Å². The van der Waals surface area contributed by atoms with Crippen LogP contribution in [-0.2, 0) is 6.54 Å². The number of piperazine rings is 1. The number of hydrazone groups is 1. The summed E-state index contributed by atoms with van der Waals surface area (Å²) >= 11 is 10.9. The van der Waals surface area contributed by atoms with Gasteiger partial charge < -0.3 is 10.6 Å². The van der Waals surface area contributed by atoms with Gasteiger partial charge in [-0.25, -0.2) is 4.39 Å². The summed E-state index contributed by atoms with van der Waals surface area (Å²) in [6, 6.07) is 12.9. The van der Waals surface area contributed by atoms with Crippen LogP contribution in [0.2, 0.25) is 5.02 Å². The van der Waals surface area contributed by atoms with Gasteiger partial charge in [0.15, 0.2) is 5.11 Å². The Kier molecular flexibility index (Phi) is 6.60. The third-order valence-corrected chi connectivity index (χ3v) is 4.88. The molecule has 1 saturated heterocycles. The lowest BCUT2D eigenvalue weighted by Gasteiger charge is -2.36. The van der Waals surface area contributed by atoms with Crippen LogP contribution < -0.4 is 16.1 Å². The zero-order valence-electron chi connectivity index (χ0n) is 14.7. The summed E-state index contributed by atoms with van der Waals surface area (Å²) in [6.45, 7) is 4.04. The standard InChI is InChI=1S/C19H21ClFN5S/c20-16-4-2-1-3-15(16)13-25-7-9-26(10-8-25)18-6-5-14(11-17(18)21)12-23-24-19(22)27/h1-6,11-12H,7-10,13H2,(H3,22,24,27)/b23-12+. The number of rotatable bonds is 5. The lowest BCUT2D eigenvalue weighted by atomic mass is 10.1. The van der Waals surface area contributed by atoms with E-state index in [4.69, 9.17) is 17.3 Å². The molecule has 1 heterocycles. The first kappa shape index (κ1) is 19.5. The molecule has 0 amide bonds. The fourth-order valence-corrected chi connectivity index (χ4v) is 3.29. The van der Waals surface area contributed by atoms with Crippen LogP contribution in [0.1, 0.15) is 11.1 Å². The van der Waals surface area contributed by atoms with Gasteiger partial charge in [0.2, 0.25) is 0 Å². The van der Waals surface area contributed by atoms with E-state index < -0.39 is 0 Å². The van der Waals surface area contributed by atoms with Gasteiger partial charge in [0, 0.05) is 37.7 Å². The van der Waals surface area contributed by atoms with Gasteiger partial charge in [0.25, 0.3) is 0 Å². The number of benzene rings is 2. The van der Waals surface area contributed by atoms with Crippen molar-refractivity contribution >= 4 is 40.8 Å². The van der Waals surface area contributed by atoms with Gasteiger partial charge in [0.05, 0.1) is 11.9 Å². The Hall–Kier alpha value is -2.22. The molecule has 142 valence electrons. The highest BCUT2D eigenvalue weighted by Crippen LogP contribution is 2.23. The average molecular weight is 406 g/mol. The van der Waals surface area contributed by atoms with Crippen LogP contribution in [-0.4, -0.2) is 42.4 Å². The van der Waals surface area contributed by atoms with Gasteiger partial charge in [-0.15, -0.1) is 0 Å². The number of nitrogens with two attached hydrogens (primary N) is 1. The van der Waals surface area contributed by atoms with Crippen molar-refractivity contribution in [2.24, 2.45) is 10.8 Å². The van der Waals surface area contributed by atoms with E-state index in [1.165, 1.54) is 12.3 Å². The SMILES string of the molecule is NC(=S)N/N=C/c1ccc(N2CCN(Cc3ccccc3Cl)CC2)c(F)c1. The van der Waals surface area contributed by atoms with Crippen molar-refractivity contribution in [3.63, 3.8) is 0 Å². The molecule has 0 aromatic heterocycles. The molecule has 3 rings (SSSR count). The van der Waals surface area contributed by atoms with Crippen LogP contribution >= 0.6 is 23.8 Å². The normalized spacial score (nSPS) is 15.3. The summed E-state index contributed by atoms with van der Waals surface area (Å²) in [6.07, 6.45) is 1.48. The highest BCUT2D eigenvalue weighted by molar-refractivity contribution is 7.80. The number of hydrogen-bond acceptors (Lipinski definition) is 4. The molecule has 3 N–H and O–H groups in total. The fraction of sp³-hybridized carbons (Fsp3) is 0.263. The number of hydrogen-bond donors (Lipinski definition) is 2. The van der Waals surface area contributed by atoms with Crippen LogP contribution in [0.5, 0.6) is 0 Å². The Morgan fingerprint density at radius 1 is 1.22 bits per heavy atom. The number of nitrogens with zero attached hydrogens (tertiary/aromatic N) is 3. The summed E-state index contributed by atoms with van der Waals surface area (Å²) in [5, 5.41) is 4.70. The lowest BCUT2D eigenvalue weighted by Crippen LogP contribution is -2.46. The molecule has 0 atom stereocenters. The van der Waals surface area contributed by atoms with E-state index in [0.717, 1.165) is 43.3 Å². The Bertz CT molecular complexity index is 837. The quantitative estimate of drug-likeness (QED) is 0.455. The van der Waals surface area contributed by atoms with Crippen molar-refractivity contribution < 1.29 is 4.39 Å². The van der Waals surface area contributed by atoms with E-state index in [1.807, 2.05) is 30.3 Å². The number of halogens is 2. The van der Waals surface area contributed by atoms with Crippen molar-refractivity contribution in [3.05, 3.63) is 64.4 Å². The molecule has 0 saturated carbocycles. The van der Waals surface area contributed by atoms with E-state index in [2.05, 4.69) is 32.5 Å². The predicted molar refractivity (Wildman–Crippen MR) is 113 cm³/mol. The van der Waals surface area contributed by atoms with E-state index >= 15 is 0 Å². The molecule has 5 nitrogen and oxygen atoms in total. The lowest BCUT2D eigenvalue weighted by molar-refractivity contribution is 0.249. The summed E-state index contributed by atoms with van der Waals surface area (Å²) in [5.74, 6) is -0.270. The molecule has 0 spiro atoms. The Morgan fingerprint density at radius 2 is 1.96 bits per heavy atom. The van der Waals surface area contributed by atoms with Crippen molar-refractivity contribution in [2.75, 3.05) is 31.1 Å². The minimum atomic E-state index is -0.270. The molecule has 2 aromatic rings. The zero-order chi connectivity index (χ0) is 19.2. The maximum atomic E-state index is 14.5. The number of thiocarbonyl (C=S) groups is 1. The topological polar surface area (TPSA) is 56.9 Å². The fourth-order valence-electron chi connectivity index (χ4n) is 3.04. The monoisotopic (exact) mass is 405 g/mol. The van der Waals surface area contributed by atoms with Crippen molar-refractivity contribution in [1.82, 2.24) is 10.3 Å². The molecular formula is C19H21ClFN5S. The smallest absolute Gasteiger partial charge is 0.184 e. The first-order chi connectivity index (χ1) is 13.0. The third-order valence-electron chi connectivity index (χ3n) is 4.42. The van der Waals surface area contributed by atoms with Crippen molar-refractivity contribution in [3.8, 4) is 0 Å². The summed E-state index contributed by atoms with van der Waals surface area (Å²) in [4.78, 5) is 4.39. The maximum Gasteiger partial charge on any atom is 0.184 e. The van der Waals surface area contributed by atoms with Crippen LogP contribution in [0.15, 0.2) is 47.6 Å². The Labute approximate surface area is 168 Å². The minimum absolute atomic E-state index is 0.0676. The van der Waals surface area contributed by atoms with Crippen LogP contribution in [0, 0.1) is 5.82 Å². The summed E-state index contributed by atoms with van der Waals surface area (Å²) in [7, 11) is 0. The maximum absolute atomic E-state index is 14.5. The van der Waals surface area contributed by atoms with Gasteiger partial charge in [-0.3, -0.25) is 10.3 Å². The third kappa shape index (κ3) is 5.38. The summed E-state index contributed by atoms with van der Waals surface area (Å²) < 4.78 is 14.5. The summed E-state index contributed by atoms with van der Waals surface area (Å²) in [5.41, 5.74) is 10.1. The second kappa shape index (κ2) is 9.12. The predicted octanol–water partition coefficient (Wildman–Crippen LogP) is 2.97. The van der Waals surface area contributed by atoms with E-state index in [9.17, 15) is 4.39 Å². The molecule has 0 bridgehead atoms. The minimum Gasteiger partial charge on any atom is -0.375 e. The first-order valence-electron chi connectivity index (χ1n) is 8.61. The highest BCUT2D eigenvalue weighted by atomic mass is 35.5. The van der Waals surface area contributed by atoms with Gasteiger partial charge in [-0.1, -0.05) is 35.9 Å². The van der Waals surface area contributed by atoms with E-state index in [0.29, 0.717) is 11.3 Å². The van der Waals surface area contributed by atoms with Gasteiger partial charge >= 0.3 is 0 Å². The van der Waals surface area contributed by atoms with Crippen molar-refractivity contribution in [1.29, 1.82) is 0 Å². The second-order valence-electron chi connectivity index (χ2n) is 6.30. The Balaban J connectivity index is 1.58. The molecule has 8 heteroatoms. The molecule has 2 aromatic carbocycles. The van der Waals surface area contributed by atoms with Gasteiger partial charge in [-0.2, -0.15) is 5.10 Å². The van der Waals surface area contributed by atoms with Gasteiger partial charge in [-0.05, 0) is 41.5 Å². The van der Waals surface area contributed by atoms with Crippen LogP contribution in [0.3, 0.4) is 0 Å². The largest absolute Gasteiger partial charge is 0.375 e. The molecule has 0 radical (unpaired) electrons. The Morgan fingerprint density at radius 3 is 2.63 bits per heavy atom. The molecule has 0 aliphatic carbocycles. The van der Waals surface area contributed by atoms with Crippen LogP contribution in [0.4, 0.5) is 10.1 Å². The highest BCUT2D eigenvalue weighted by Gasteiger charge is 2.20. The number of nitrogens with one attached hydrogen (secondary N) is 1. The molecule has 0 unspecified atom stereocenters. The van der Waals surface area contributed by atoms with Crippen LogP contribution in [0.25, 0.3) is 0 Å². The average Bonchev–Trinajstić information content (AvgIpc) is 2.64. The van der Waals surface area contributed by atoms with E-state index in [1.54, 1.807) is 6.07 Å². The van der Waals surface area contributed by atoms with Crippen molar-refractivity contribution in [2.45, 2.75) is 6.54 Å². The molecule has 1 aliphatic rings. The van der Waals surface area contributed by atoms with Gasteiger partial charge in [0.1, 0.15) is 5.82 Å². The molecule has 27 heavy (non-hydrogen) atoms. The second-order valence-corrected chi connectivity index (χ2v) is 7.15. The number of anilines is 1. The first-order valence-corrected chi connectivity index (χ1v) is 9.40.